The summed E-state index contributed by atoms with van der Waals surface area (Å²) >= 11 is 1.67. The number of carbonyl (C=O) groups is 2. The summed E-state index contributed by atoms with van der Waals surface area (Å²) in [5.74, 6) is 1.06. The Morgan fingerprint density at radius 3 is 2.90 bits per heavy atom. The highest BCUT2D eigenvalue weighted by Crippen LogP contribution is 2.16. The molecule has 29 heavy (non-hydrogen) atoms. The molecule has 1 aliphatic heterocycles. The van der Waals surface area contributed by atoms with Gasteiger partial charge in [-0.05, 0) is 36.8 Å². The van der Waals surface area contributed by atoms with E-state index in [1.807, 2.05) is 0 Å². The van der Waals surface area contributed by atoms with Crippen molar-refractivity contribution in [3.05, 3.63) is 47.8 Å². The molecule has 0 radical (unpaired) electrons. The SMILES string of the molecule is CCOC(=O)CCCSCCN1C(=O)OC[C@@H]1/C=C/[C@@H](O)Cc1ccc(F)cc1. The first kappa shape index (κ1) is 23.2. The van der Waals surface area contributed by atoms with Crippen LogP contribution in [0.1, 0.15) is 25.3 Å². The van der Waals surface area contributed by atoms with Gasteiger partial charge in [0.05, 0.1) is 18.8 Å². The Balaban J connectivity index is 1.71. The number of amides is 1. The van der Waals surface area contributed by atoms with Gasteiger partial charge < -0.3 is 14.6 Å². The zero-order valence-corrected chi connectivity index (χ0v) is 17.4. The van der Waals surface area contributed by atoms with Gasteiger partial charge in [-0.3, -0.25) is 9.69 Å². The summed E-state index contributed by atoms with van der Waals surface area (Å²) < 4.78 is 22.9. The van der Waals surface area contributed by atoms with Crippen molar-refractivity contribution in [2.45, 2.75) is 38.3 Å². The highest BCUT2D eigenvalue weighted by atomic mass is 32.2. The molecule has 6 nitrogen and oxygen atoms in total. The van der Waals surface area contributed by atoms with Crippen LogP contribution in [0.4, 0.5) is 9.18 Å². The van der Waals surface area contributed by atoms with E-state index >= 15 is 0 Å². The summed E-state index contributed by atoms with van der Waals surface area (Å²) in [6, 6.07) is 5.79. The van der Waals surface area contributed by atoms with Crippen LogP contribution in [-0.4, -0.2) is 65.5 Å². The number of ether oxygens (including phenoxy) is 2. The topological polar surface area (TPSA) is 76.1 Å². The molecule has 8 heteroatoms. The van der Waals surface area contributed by atoms with Crippen molar-refractivity contribution in [3.63, 3.8) is 0 Å². The third-order valence-corrected chi connectivity index (χ3v) is 5.43. The maximum absolute atomic E-state index is 12.9. The van der Waals surface area contributed by atoms with Gasteiger partial charge in [0.2, 0.25) is 0 Å². The molecule has 1 saturated heterocycles. The van der Waals surface area contributed by atoms with Gasteiger partial charge >= 0.3 is 12.1 Å². The minimum absolute atomic E-state index is 0.180. The monoisotopic (exact) mass is 425 g/mol. The number of carbonyl (C=O) groups excluding carboxylic acids is 2. The van der Waals surface area contributed by atoms with E-state index in [0.29, 0.717) is 26.0 Å². The first-order chi connectivity index (χ1) is 14.0. The van der Waals surface area contributed by atoms with Crippen LogP contribution in [0.2, 0.25) is 0 Å². The molecule has 1 amide bonds. The van der Waals surface area contributed by atoms with Crippen molar-refractivity contribution in [2.24, 2.45) is 0 Å². The molecule has 160 valence electrons. The number of cyclic esters (lactones) is 1. The normalized spacial score (nSPS) is 17.6. The third kappa shape index (κ3) is 8.45. The lowest BCUT2D eigenvalue weighted by molar-refractivity contribution is -0.143. The van der Waals surface area contributed by atoms with E-state index in [9.17, 15) is 19.1 Å². The number of hydrogen-bond donors (Lipinski definition) is 1. The molecular formula is C21H28FNO5S. The first-order valence-corrected chi connectivity index (χ1v) is 10.9. The molecule has 0 aliphatic carbocycles. The number of thioether (sulfide) groups is 1. The molecule has 1 heterocycles. The lowest BCUT2D eigenvalue weighted by atomic mass is 10.1. The number of nitrogens with zero attached hydrogens (tertiary/aromatic N) is 1. The van der Waals surface area contributed by atoms with E-state index in [0.717, 1.165) is 23.5 Å². The molecule has 1 aromatic carbocycles. The van der Waals surface area contributed by atoms with Crippen LogP contribution < -0.4 is 0 Å². The predicted molar refractivity (Wildman–Crippen MR) is 110 cm³/mol. The average molecular weight is 426 g/mol. The fraction of sp³-hybridized carbons (Fsp3) is 0.524. The summed E-state index contributed by atoms with van der Waals surface area (Å²) in [5, 5.41) is 10.2. The summed E-state index contributed by atoms with van der Waals surface area (Å²) in [6.45, 7) is 2.98. The van der Waals surface area contributed by atoms with E-state index in [4.69, 9.17) is 9.47 Å². The highest BCUT2D eigenvalue weighted by Gasteiger charge is 2.30. The number of rotatable bonds is 12. The molecule has 1 N–H and O–H groups in total. The molecular weight excluding hydrogens is 397 g/mol. The van der Waals surface area contributed by atoms with Crippen LogP contribution in [0.3, 0.4) is 0 Å². The van der Waals surface area contributed by atoms with Crippen molar-refractivity contribution < 1.29 is 28.6 Å². The van der Waals surface area contributed by atoms with Gasteiger partial charge in [0, 0.05) is 25.1 Å². The maximum atomic E-state index is 12.9. The van der Waals surface area contributed by atoms with Gasteiger partial charge in [-0.1, -0.05) is 24.3 Å². The van der Waals surface area contributed by atoms with Crippen LogP contribution in [0, 0.1) is 5.82 Å². The molecule has 2 atom stereocenters. The van der Waals surface area contributed by atoms with Gasteiger partial charge in [0.1, 0.15) is 12.4 Å². The molecule has 0 saturated carbocycles. The Bertz CT molecular complexity index is 682. The number of halogens is 1. The van der Waals surface area contributed by atoms with Gasteiger partial charge in [-0.25, -0.2) is 9.18 Å². The first-order valence-electron chi connectivity index (χ1n) is 9.77. The predicted octanol–water partition coefficient (Wildman–Crippen LogP) is 3.18. The van der Waals surface area contributed by atoms with Crippen molar-refractivity contribution in [1.29, 1.82) is 0 Å². The summed E-state index contributed by atoms with van der Waals surface area (Å²) in [5.41, 5.74) is 0.832. The molecule has 1 aliphatic rings. The van der Waals surface area contributed by atoms with E-state index < -0.39 is 6.10 Å². The molecule has 0 bridgehead atoms. The van der Waals surface area contributed by atoms with Crippen LogP contribution >= 0.6 is 11.8 Å². The summed E-state index contributed by atoms with van der Waals surface area (Å²) in [4.78, 5) is 24.9. The van der Waals surface area contributed by atoms with Crippen LogP contribution in [0.15, 0.2) is 36.4 Å². The van der Waals surface area contributed by atoms with Gasteiger partial charge in [-0.15, -0.1) is 0 Å². The fourth-order valence-electron chi connectivity index (χ4n) is 2.88. The minimum Gasteiger partial charge on any atom is -0.466 e. The molecule has 0 aromatic heterocycles. The summed E-state index contributed by atoms with van der Waals surface area (Å²) in [6.07, 6.45) is 3.86. The fourth-order valence-corrected chi connectivity index (χ4v) is 3.76. The van der Waals surface area contributed by atoms with Crippen molar-refractivity contribution >= 4 is 23.8 Å². The number of aliphatic hydroxyl groups is 1. The molecule has 1 aromatic rings. The highest BCUT2D eigenvalue weighted by molar-refractivity contribution is 7.99. The number of benzene rings is 1. The van der Waals surface area contributed by atoms with E-state index in [1.54, 1.807) is 47.9 Å². The third-order valence-electron chi connectivity index (χ3n) is 4.38. The standard InChI is InChI=1S/C21H28FNO5S/c1-2-27-20(25)4-3-12-29-13-11-23-18(15-28-21(23)26)9-10-19(24)14-16-5-7-17(22)8-6-16/h5-10,18-19,24H,2-4,11-15H2,1H3/b10-9+/t18-,19+/m0/s1. The second-order valence-corrected chi connectivity index (χ2v) is 7.87. The van der Waals surface area contributed by atoms with E-state index in [1.165, 1.54) is 12.1 Å². The average Bonchev–Trinajstić information content (AvgIpc) is 3.04. The zero-order chi connectivity index (χ0) is 21.1. The molecule has 1 fully saturated rings. The number of hydrogen-bond acceptors (Lipinski definition) is 6. The van der Waals surface area contributed by atoms with Gasteiger partial charge in [-0.2, -0.15) is 11.8 Å². The minimum atomic E-state index is -0.727. The molecule has 0 unspecified atom stereocenters. The summed E-state index contributed by atoms with van der Waals surface area (Å²) in [7, 11) is 0. The largest absolute Gasteiger partial charge is 0.466 e. The van der Waals surface area contributed by atoms with Crippen LogP contribution in [0.5, 0.6) is 0 Å². The maximum Gasteiger partial charge on any atom is 0.410 e. The molecule has 0 spiro atoms. The van der Waals surface area contributed by atoms with E-state index in [2.05, 4.69) is 0 Å². The smallest absolute Gasteiger partial charge is 0.410 e. The van der Waals surface area contributed by atoms with Crippen molar-refractivity contribution in [1.82, 2.24) is 4.90 Å². The Morgan fingerprint density at radius 2 is 2.17 bits per heavy atom. The van der Waals surface area contributed by atoms with E-state index in [-0.39, 0.29) is 30.5 Å². The Labute approximate surface area is 175 Å². The quantitative estimate of drug-likeness (QED) is 0.315. The van der Waals surface area contributed by atoms with Crippen molar-refractivity contribution in [2.75, 3.05) is 31.3 Å². The van der Waals surface area contributed by atoms with Crippen molar-refractivity contribution in [3.8, 4) is 0 Å². The van der Waals surface area contributed by atoms with Gasteiger partial charge in [0.25, 0.3) is 0 Å². The second-order valence-electron chi connectivity index (χ2n) is 6.64. The molecule has 2 rings (SSSR count). The van der Waals surface area contributed by atoms with Crippen LogP contribution in [-0.2, 0) is 20.7 Å². The number of aliphatic hydroxyl groups excluding tert-OH is 1. The number of esters is 1. The second kappa shape index (κ2) is 12.5. The lowest BCUT2D eigenvalue weighted by Crippen LogP contribution is -2.34. The Kier molecular flexibility index (Phi) is 10.0. The lowest BCUT2D eigenvalue weighted by Gasteiger charge is -2.18. The Hall–Kier alpha value is -2.06. The van der Waals surface area contributed by atoms with Crippen LogP contribution in [0.25, 0.3) is 0 Å². The van der Waals surface area contributed by atoms with Gasteiger partial charge in [0.15, 0.2) is 0 Å². The zero-order valence-electron chi connectivity index (χ0n) is 16.6. The Morgan fingerprint density at radius 1 is 1.41 bits per heavy atom.